The first kappa shape index (κ1) is 26.9. The van der Waals surface area contributed by atoms with Gasteiger partial charge < -0.3 is 14.6 Å². The molecule has 1 N–H and O–H groups in total. The Bertz CT molecular complexity index is 1060. The minimum absolute atomic E-state index is 0.260. The van der Waals surface area contributed by atoms with Crippen LogP contribution in [0.15, 0.2) is 54.6 Å². The second kappa shape index (κ2) is 11.8. The van der Waals surface area contributed by atoms with Crippen LogP contribution in [-0.2, 0) is 18.3 Å². The van der Waals surface area contributed by atoms with E-state index in [0.717, 1.165) is 23.4 Å². The van der Waals surface area contributed by atoms with Crippen LogP contribution in [0.3, 0.4) is 0 Å². The third kappa shape index (κ3) is 8.16. The van der Waals surface area contributed by atoms with Crippen LogP contribution >= 0.6 is 0 Å². The van der Waals surface area contributed by atoms with Gasteiger partial charge in [-0.2, -0.15) is 5.10 Å². The van der Waals surface area contributed by atoms with Gasteiger partial charge in [0.15, 0.2) is 0 Å². The minimum Gasteiger partial charge on any atom is -0.439 e. The van der Waals surface area contributed by atoms with Crippen molar-refractivity contribution in [2.75, 3.05) is 19.7 Å². The maximum absolute atomic E-state index is 13.4. The first-order chi connectivity index (χ1) is 16.5. The molecule has 1 atom stereocenters. The molecule has 0 amide bonds. The molecule has 3 aromatic rings. The normalized spacial score (nSPS) is 13.0. The lowest BCUT2D eigenvalue weighted by Gasteiger charge is -2.28. The highest BCUT2D eigenvalue weighted by atomic mass is 19.1. The lowest BCUT2D eigenvalue weighted by molar-refractivity contribution is -0.0573. The Balaban J connectivity index is 1.94. The Morgan fingerprint density at radius 2 is 1.69 bits per heavy atom. The number of hydrogen-bond acceptors (Lipinski definition) is 5. The Labute approximate surface area is 208 Å². The highest BCUT2D eigenvalue weighted by molar-refractivity contribution is 5.65. The zero-order valence-corrected chi connectivity index (χ0v) is 21.7. The molecule has 0 saturated heterocycles. The molecule has 3 rings (SSSR count). The second-order valence-electron chi connectivity index (χ2n) is 10.3. The van der Waals surface area contributed by atoms with Crippen molar-refractivity contribution < 1.29 is 19.0 Å². The van der Waals surface area contributed by atoms with E-state index in [2.05, 4.69) is 18.7 Å². The predicted octanol–water partition coefficient (Wildman–Crippen LogP) is 5.65. The monoisotopic (exact) mass is 483 g/mol. The van der Waals surface area contributed by atoms with Gasteiger partial charge in [-0.3, -0.25) is 4.90 Å². The summed E-state index contributed by atoms with van der Waals surface area (Å²) >= 11 is 0. The number of aromatic nitrogens is 2. The maximum atomic E-state index is 13.4. The number of nitrogens with zero attached hydrogens (tertiary/aromatic N) is 3. The van der Waals surface area contributed by atoms with Crippen LogP contribution < -0.4 is 4.74 Å². The van der Waals surface area contributed by atoms with Crippen molar-refractivity contribution in [2.45, 2.75) is 52.9 Å². The molecule has 0 aliphatic rings. The Morgan fingerprint density at radius 1 is 1.03 bits per heavy atom. The fourth-order valence-corrected chi connectivity index (χ4v) is 3.91. The van der Waals surface area contributed by atoms with Crippen molar-refractivity contribution in [3.63, 3.8) is 0 Å². The highest BCUT2D eigenvalue weighted by Gasteiger charge is 2.24. The first-order valence-corrected chi connectivity index (χ1v) is 12.1. The van der Waals surface area contributed by atoms with E-state index in [1.165, 1.54) is 12.1 Å². The molecule has 6 nitrogen and oxygen atoms in total. The van der Waals surface area contributed by atoms with Crippen molar-refractivity contribution in [2.24, 2.45) is 13.0 Å². The summed E-state index contributed by atoms with van der Waals surface area (Å²) < 4.78 is 27.2. The number of aliphatic hydroxyl groups excluding tert-OH is 1. The van der Waals surface area contributed by atoms with Crippen molar-refractivity contribution in [1.82, 2.24) is 14.7 Å². The smallest absolute Gasteiger partial charge is 0.222 e. The van der Waals surface area contributed by atoms with Gasteiger partial charge in [0, 0.05) is 32.2 Å². The van der Waals surface area contributed by atoms with Crippen LogP contribution in [0.1, 0.15) is 40.2 Å². The highest BCUT2D eigenvalue weighted by Crippen LogP contribution is 2.34. The molecule has 0 radical (unpaired) electrons. The summed E-state index contributed by atoms with van der Waals surface area (Å²) in [7, 11) is 1.84. The summed E-state index contributed by atoms with van der Waals surface area (Å²) in [5.41, 5.74) is 2.39. The molecule has 0 saturated carbocycles. The SMILES string of the molecule is CC(C)CN(Cc1c(-c2ccccc2)nn(C)c1Oc1ccc(F)cc1)C[C@H](O)COC(C)(C)C. The van der Waals surface area contributed by atoms with Gasteiger partial charge in [0.25, 0.3) is 0 Å². The quantitative estimate of drug-likeness (QED) is 0.382. The Hall–Kier alpha value is -2.74. The molecule has 190 valence electrons. The second-order valence-corrected chi connectivity index (χ2v) is 10.3. The van der Waals surface area contributed by atoms with Crippen LogP contribution in [0.2, 0.25) is 0 Å². The predicted molar refractivity (Wildman–Crippen MR) is 137 cm³/mol. The van der Waals surface area contributed by atoms with E-state index >= 15 is 0 Å². The van der Waals surface area contributed by atoms with E-state index in [0.29, 0.717) is 30.6 Å². The van der Waals surface area contributed by atoms with Gasteiger partial charge in [0.1, 0.15) is 17.3 Å². The molecule has 0 unspecified atom stereocenters. The molecular formula is C28H38FN3O3. The minimum atomic E-state index is -0.633. The maximum Gasteiger partial charge on any atom is 0.222 e. The number of hydrogen-bond donors (Lipinski definition) is 1. The summed E-state index contributed by atoms with van der Waals surface area (Å²) in [5.74, 6) is 1.19. The average molecular weight is 484 g/mol. The molecule has 0 aliphatic heterocycles. The number of halogens is 1. The van der Waals surface area contributed by atoms with E-state index in [1.54, 1.807) is 16.8 Å². The fraction of sp³-hybridized carbons (Fsp3) is 0.464. The van der Waals surface area contributed by atoms with Gasteiger partial charge in [0.05, 0.1) is 23.9 Å². The molecular weight excluding hydrogens is 445 g/mol. The molecule has 2 aromatic carbocycles. The average Bonchev–Trinajstić information content (AvgIpc) is 3.08. The van der Waals surface area contributed by atoms with Gasteiger partial charge in [-0.1, -0.05) is 44.2 Å². The van der Waals surface area contributed by atoms with Crippen LogP contribution in [0.4, 0.5) is 4.39 Å². The van der Waals surface area contributed by atoms with Gasteiger partial charge in [0.2, 0.25) is 5.88 Å². The lowest BCUT2D eigenvalue weighted by Crippen LogP contribution is -2.38. The summed E-state index contributed by atoms with van der Waals surface area (Å²) in [6.45, 7) is 12.3. The van der Waals surface area contributed by atoms with E-state index in [1.807, 2.05) is 58.2 Å². The third-order valence-electron chi connectivity index (χ3n) is 5.35. The molecule has 0 fully saturated rings. The van der Waals surface area contributed by atoms with E-state index in [-0.39, 0.29) is 18.0 Å². The zero-order valence-electron chi connectivity index (χ0n) is 21.7. The molecule has 0 spiro atoms. The van der Waals surface area contributed by atoms with Crippen LogP contribution in [0, 0.1) is 11.7 Å². The van der Waals surface area contributed by atoms with Crippen LogP contribution in [0.5, 0.6) is 11.6 Å². The molecule has 1 heterocycles. The van der Waals surface area contributed by atoms with E-state index in [9.17, 15) is 9.50 Å². The number of aryl methyl sites for hydroxylation is 1. The fourth-order valence-electron chi connectivity index (χ4n) is 3.91. The molecule has 0 aliphatic carbocycles. The van der Waals surface area contributed by atoms with Gasteiger partial charge in [-0.05, 0) is 51.0 Å². The van der Waals surface area contributed by atoms with Gasteiger partial charge in [-0.25, -0.2) is 9.07 Å². The number of ether oxygens (including phenoxy) is 2. The first-order valence-electron chi connectivity index (χ1n) is 12.1. The summed E-state index contributed by atoms with van der Waals surface area (Å²) in [6, 6.07) is 15.9. The van der Waals surface area contributed by atoms with Gasteiger partial charge in [-0.15, -0.1) is 0 Å². The van der Waals surface area contributed by atoms with Crippen molar-refractivity contribution in [1.29, 1.82) is 0 Å². The van der Waals surface area contributed by atoms with E-state index < -0.39 is 6.10 Å². The summed E-state index contributed by atoms with van der Waals surface area (Å²) in [4.78, 5) is 2.21. The largest absolute Gasteiger partial charge is 0.439 e. The molecule has 1 aromatic heterocycles. The third-order valence-corrected chi connectivity index (χ3v) is 5.35. The zero-order chi connectivity index (χ0) is 25.6. The number of rotatable bonds is 11. The number of benzene rings is 2. The van der Waals surface area contributed by atoms with E-state index in [4.69, 9.17) is 14.6 Å². The van der Waals surface area contributed by atoms with Crippen molar-refractivity contribution >= 4 is 0 Å². The molecule has 35 heavy (non-hydrogen) atoms. The topological polar surface area (TPSA) is 59.8 Å². The summed E-state index contributed by atoms with van der Waals surface area (Å²) in [5, 5.41) is 15.5. The molecule has 7 heteroatoms. The standard InChI is InChI=1S/C28H38FN3O3/c1-20(2)16-32(17-23(33)19-34-28(3,4)5)18-25-26(21-10-8-7-9-11-21)30-31(6)27(25)35-24-14-12-22(29)13-15-24/h7-15,20,23,33H,16-19H2,1-6H3/t23-/m0/s1. The summed E-state index contributed by atoms with van der Waals surface area (Å²) in [6.07, 6.45) is -0.633. The number of aliphatic hydroxyl groups is 1. The Morgan fingerprint density at radius 3 is 2.29 bits per heavy atom. The van der Waals surface area contributed by atoms with Gasteiger partial charge >= 0.3 is 0 Å². The lowest BCUT2D eigenvalue weighted by atomic mass is 10.1. The Kier molecular flexibility index (Phi) is 9.05. The molecule has 0 bridgehead atoms. The van der Waals surface area contributed by atoms with Crippen molar-refractivity contribution in [3.05, 3.63) is 66.0 Å². The van der Waals surface area contributed by atoms with Crippen molar-refractivity contribution in [3.8, 4) is 22.9 Å². The van der Waals surface area contributed by atoms with Crippen LogP contribution in [0.25, 0.3) is 11.3 Å². The van der Waals surface area contributed by atoms with Crippen LogP contribution in [-0.4, -0.2) is 51.2 Å².